The summed E-state index contributed by atoms with van der Waals surface area (Å²) in [4.78, 5) is 38.2. The first-order chi connectivity index (χ1) is 12.4. The van der Waals surface area contributed by atoms with Crippen LogP contribution in [0, 0.1) is 0 Å². The predicted octanol–water partition coefficient (Wildman–Crippen LogP) is 3.71. The third-order valence-corrected chi connectivity index (χ3v) is 4.49. The van der Waals surface area contributed by atoms with Gasteiger partial charge in [0, 0.05) is 35.6 Å². The molecule has 5 nitrogen and oxygen atoms in total. The van der Waals surface area contributed by atoms with E-state index < -0.39 is 0 Å². The van der Waals surface area contributed by atoms with Gasteiger partial charge in [-0.3, -0.25) is 14.4 Å². The summed E-state index contributed by atoms with van der Waals surface area (Å²) in [5, 5.41) is 0. The van der Waals surface area contributed by atoms with Crippen LogP contribution in [0.4, 0.5) is 0 Å². The summed E-state index contributed by atoms with van der Waals surface area (Å²) in [5.41, 5.74) is 1.22. The summed E-state index contributed by atoms with van der Waals surface area (Å²) in [5.74, 6) is -0.767. The zero-order valence-corrected chi connectivity index (χ0v) is 16.3. The molecular formula is C20H20BrNO4. The Hall–Kier alpha value is -2.47. The van der Waals surface area contributed by atoms with Crippen molar-refractivity contribution in [2.75, 3.05) is 20.7 Å². The number of ether oxygens (including phenoxy) is 1. The van der Waals surface area contributed by atoms with Gasteiger partial charge in [-0.25, -0.2) is 0 Å². The zero-order chi connectivity index (χ0) is 19.1. The van der Waals surface area contributed by atoms with E-state index in [-0.39, 0.29) is 24.1 Å². The number of methoxy groups -OCH3 is 1. The maximum Gasteiger partial charge on any atom is 0.305 e. The van der Waals surface area contributed by atoms with Crippen molar-refractivity contribution in [2.24, 2.45) is 0 Å². The molecule has 2 aromatic carbocycles. The Balaban J connectivity index is 2.17. The number of amides is 1. The highest BCUT2D eigenvalue weighted by molar-refractivity contribution is 9.10. The number of carbonyl (C=O) groups excluding carboxylic acids is 3. The topological polar surface area (TPSA) is 63.7 Å². The monoisotopic (exact) mass is 417 g/mol. The fraction of sp³-hybridized carbons (Fsp3) is 0.250. The molecule has 136 valence electrons. The van der Waals surface area contributed by atoms with Crippen LogP contribution >= 0.6 is 15.9 Å². The Bertz CT molecular complexity index is 802. The molecule has 0 radical (unpaired) electrons. The van der Waals surface area contributed by atoms with Crippen LogP contribution in [-0.2, 0) is 9.53 Å². The van der Waals surface area contributed by atoms with Crippen molar-refractivity contribution in [3.8, 4) is 0 Å². The van der Waals surface area contributed by atoms with Crippen molar-refractivity contribution in [3.05, 3.63) is 69.7 Å². The first-order valence-electron chi connectivity index (χ1n) is 8.15. The summed E-state index contributed by atoms with van der Waals surface area (Å²) in [6.45, 7) is 0.398. The van der Waals surface area contributed by atoms with Gasteiger partial charge in [-0.2, -0.15) is 0 Å². The molecular weight excluding hydrogens is 398 g/mol. The second-order valence-corrected chi connectivity index (χ2v) is 6.70. The lowest BCUT2D eigenvalue weighted by Gasteiger charge is -2.18. The van der Waals surface area contributed by atoms with Crippen molar-refractivity contribution in [2.45, 2.75) is 12.8 Å². The zero-order valence-electron chi connectivity index (χ0n) is 14.7. The van der Waals surface area contributed by atoms with E-state index in [4.69, 9.17) is 0 Å². The average Bonchev–Trinajstić information content (AvgIpc) is 2.67. The number of hydrogen-bond donors (Lipinski definition) is 0. The second kappa shape index (κ2) is 9.29. The fourth-order valence-electron chi connectivity index (χ4n) is 2.49. The summed E-state index contributed by atoms with van der Waals surface area (Å²) >= 11 is 3.34. The summed E-state index contributed by atoms with van der Waals surface area (Å²) < 4.78 is 5.47. The largest absolute Gasteiger partial charge is 0.469 e. The number of esters is 1. The van der Waals surface area contributed by atoms with Crippen molar-refractivity contribution in [3.63, 3.8) is 0 Å². The highest BCUT2D eigenvalue weighted by Crippen LogP contribution is 2.18. The van der Waals surface area contributed by atoms with Crippen LogP contribution in [0.25, 0.3) is 0 Å². The molecule has 0 aliphatic carbocycles. The third-order valence-electron chi connectivity index (χ3n) is 3.96. The molecule has 1 amide bonds. The van der Waals surface area contributed by atoms with E-state index in [2.05, 4.69) is 20.7 Å². The Kier molecular flexibility index (Phi) is 7.09. The molecule has 0 spiro atoms. The molecule has 0 aliphatic heterocycles. The number of carbonyl (C=O) groups is 3. The van der Waals surface area contributed by atoms with E-state index in [9.17, 15) is 14.4 Å². The lowest BCUT2D eigenvalue weighted by Crippen LogP contribution is -2.29. The smallest absolute Gasteiger partial charge is 0.305 e. The molecule has 6 heteroatoms. The molecule has 2 aromatic rings. The molecule has 0 saturated heterocycles. The molecule has 0 aliphatic rings. The first-order valence-corrected chi connectivity index (χ1v) is 8.95. The van der Waals surface area contributed by atoms with Gasteiger partial charge >= 0.3 is 5.97 Å². The number of rotatable bonds is 7. The Morgan fingerprint density at radius 1 is 1.00 bits per heavy atom. The second-order valence-electron chi connectivity index (χ2n) is 5.79. The number of benzene rings is 2. The van der Waals surface area contributed by atoms with Gasteiger partial charge in [-0.1, -0.05) is 34.1 Å². The van der Waals surface area contributed by atoms with Crippen LogP contribution in [-0.4, -0.2) is 43.3 Å². The summed E-state index contributed by atoms with van der Waals surface area (Å²) in [6, 6.07) is 13.8. The Morgan fingerprint density at radius 2 is 1.62 bits per heavy atom. The van der Waals surface area contributed by atoms with Crippen LogP contribution in [0.15, 0.2) is 53.0 Å². The maximum atomic E-state index is 12.8. The maximum absolute atomic E-state index is 12.8. The van der Waals surface area contributed by atoms with Crippen LogP contribution < -0.4 is 0 Å². The number of hydrogen-bond acceptors (Lipinski definition) is 4. The van der Waals surface area contributed by atoms with Gasteiger partial charge in [0.05, 0.1) is 12.7 Å². The lowest BCUT2D eigenvalue weighted by molar-refractivity contribution is -0.140. The SMILES string of the molecule is COC(=O)CCCN(C)C(=O)c1ccccc1C(=O)c1ccc(Br)cc1. The number of nitrogens with zero attached hydrogens (tertiary/aromatic N) is 1. The van der Waals surface area contributed by atoms with E-state index in [0.29, 0.717) is 29.7 Å². The molecule has 0 atom stereocenters. The van der Waals surface area contributed by atoms with E-state index >= 15 is 0 Å². The first kappa shape index (κ1) is 19.8. The third kappa shape index (κ3) is 5.02. The van der Waals surface area contributed by atoms with Gasteiger partial charge in [0.15, 0.2) is 5.78 Å². The molecule has 0 heterocycles. The molecule has 0 N–H and O–H groups in total. The quantitative estimate of drug-likeness (QED) is 0.508. The van der Waals surface area contributed by atoms with Gasteiger partial charge in [-0.05, 0) is 36.8 Å². The standard InChI is InChI=1S/C20H20BrNO4/c1-22(13-5-8-18(23)26-2)20(25)17-7-4-3-6-16(17)19(24)14-9-11-15(21)12-10-14/h3-4,6-7,9-12H,5,8,13H2,1-2H3. The van der Waals surface area contributed by atoms with Crippen LogP contribution in [0.5, 0.6) is 0 Å². The Labute approximate surface area is 161 Å². The minimum atomic E-state index is -0.309. The lowest BCUT2D eigenvalue weighted by atomic mass is 9.97. The van der Waals surface area contributed by atoms with Crippen molar-refractivity contribution < 1.29 is 19.1 Å². The molecule has 26 heavy (non-hydrogen) atoms. The minimum absolute atomic E-state index is 0.204. The Morgan fingerprint density at radius 3 is 2.23 bits per heavy atom. The number of ketones is 1. The normalized spacial score (nSPS) is 10.3. The molecule has 0 bridgehead atoms. The summed E-state index contributed by atoms with van der Waals surface area (Å²) in [6.07, 6.45) is 0.741. The van der Waals surface area contributed by atoms with E-state index in [1.165, 1.54) is 12.0 Å². The van der Waals surface area contributed by atoms with Crippen molar-refractivity contribution >= 4 is 33.6 Å². The predicted molar refractivity (Wildman–Crippen MR) is 102 cm³/mol. The van der Waals surface area contributed by atoms with E-state index in [1.54, 1.807) is 55.6 Å². The van der Waals surface area contributed by atoms with Gasteiger partial charge in [-0.15, -0.1) is 0 Å². The van der Waals surface area contributed by atoms with Crippen molar-refractivity contribution in [1.82, 2.24) is 4.90 Å². The highest BCUT2D eigenvalue weighted by atomic mass is 79.9. The van der Waals surface area contributed by atoms with Gasteiger partial charge in [0.25, 0.3) is 5.91 Å². The van der Waals surface area contributed by atoms with E-state index in [0.717, 1.165) is 4.47 Å². The van der Waals surface area contributed by atoms with Crippen LogP contribution in [0.3, 0.4) is 0 Å². The molecule has 0 saturated carbocycles. The van der Waals surface area contributed by atoms with Gasteiger partial charge in [0.2, 0.25) is 0 Å². The summed E-state index contributed by atoms with van der Waals surface area (Å²) in [7, 11) is 2.99. The van der Waals surface area contributed by atoms with Gasteiger partial charge < -0.3 is 9.64 Å². The average molecular weight is 418 g/mol. The minimum Gasteiger partial charge on any atom is -0.469 e. The van der Waals surface area contributed by atoms with E-state index in [1.807, 2.05) is 0 Å². The van der Waals surface area contributed by atoms with Crippen molar-refractivity contribution in [1.29, 1.82) is 0 Å². The molecule has 0 aromatic heterocycles. The fourth-order valence-corrected chi connectivity index (χ4v) is 2.76. The van der Waals surface area contributed by atoms with Crippen LogP contribution in [0.1, 0.15) is 39.1 Å². The molecule has 2 rings (SSSR count). The number of halogens is 1. The molecule has 0 unspecified atom stereocenters. The van der Waals surface area contributed by atoms with Gasteiger partial charge in [0.1, 0.15) is 0 Å². The highest BCUT2D eigenvalue weighted by Gasteiger charge is 2.20. The molecule has 0 fully saturated rings. The van der Waals surface area contributed by atoms with Crippen LogP contribution in [0.2, 0.25) is 0 Å².